The van der Waals surface area contributed by atoms with E-state index in [9.17, 15) is 13.2 Å². The third kappa shape index (κ3) is 4.41. The molecule has 0 spiro atoms. The van der Waals surface area contributed by atoms with Crippen LogP contribution in [-0.4, -0.2) is 42.9 Å². The van der Waals surface area contributed by atoms with Crippen LogP contribution in [0.25, 0.3) is 27.9 Å². The second-order valence-electron chi connectivity index (χ2n) is 9.71. The monoisotopic (exact) mass is 503 g/mol. The standard InChI is InChI=1S/C24H25F4N7O/c1-12-18(13(2)36-34-12)14-5-6-17-19(21(25)33-35(17)11-14)20-16(24(26,27)28)10-29-22(32-20)31-15-7-8-23(3,4)30-9-15/h5-6,10-11,15,30H,7-9H2,1-4H3,(H,29,31,32)/t15-/m0/s1. The molecule has 2 N–H and O–H groups in total. The first-order valence-corrected chi connectivity index (χ1v) is 11.5. The van der Waals surface area contributed by atoms with Crippen LogP contribution in [0.4, 0.5) is 23.5 Å². The van der Waals surface area contributed by atoms with Crippen molar-refractivity contribution < 1.29 is 22.1 Å². The van der Waals surface area contributed by atoms with Gasteiger partial charge in [0.1, 0.15) is 11.3 Å². The largest absolute Gasteiger partial charge is 0.420 e. The van der Waals surface area contributed by atoms with Crippen molar-refractivity contribution in [2.24, 2.45) is 0 Å². The van der Waals surface area contributed by atoms with Gasteiger partial charge in [0.2, 0.25) is 11.9 Å². The normalized spacial score (nSPS) is 18.1. The molecule has 5 heterocycles. The number of alkyl halides is 3. The van der Waals surface area contributed by atoms with E-state index in [1.807, 2.05) is 0 Å². The summed E-state index contributed by atoms with van der Waals surface area (Å²) in [5, 5.41) is 14.2. The lowest BCUT2D eigenvalue weighted by molar-refractivity contribution is -0.137. The molecule has 4 aromatic heterocycles. The number of aryl methyl sites for hydroxylation is 2. The summed E-state index contributed by atoms with van der Waals surface area (Å²) in [6.07, 6.45) is -0.922. The molecular weight excluding hydrogens is 478 g/mol. The van der Waals surface area contributed by atoms with Gasteiger partial charge in [0.15, 0.2) is 0 Å². The smallest absolute Gasteiger partial charge is 0.361 e. The average Bonchev–Trinajstić information content (AvgIpc) is 3.31. The minimum absolute atomic E-state index is 0.00408. The number of halogens is 4. The number of fused-ring (bicyclic) bond motifs is 1. The average molecular weight is 504 g/mol. The van der Waals surface area contributed by atoms with Crippen LogP contribution < -0.4 is 10.6 Å². The van der Waals surface area contributed by atoms with Gasteiger partial charge in [-0.15, -0.1) is 5.10 Å². The van der Waals surface area contributed by atoms with Crippen LogP contribution in [0.1, 0.15) is 43.7 Å². The van der Waals surface area contributed by atoms with Gasteiger partial charge in [-0.2, -0.15) is 17.6 Å². The summed E-state index contributed by atoms with van der Waals surface area (Å²) in [6, 6.07) is 3.10. The van der Waals surface area contributed by atoms with Gasteiger partial charge in [0.25, 0.3) is 0 Å². The van der Waals surface area contributed by atoms with E-state index >= 15 is 4.39 Å². The molecule has 0 radical (unpaired) electrons. The van der Waals surface area contributed by atoms with Crippen molar-refractivity contribution >= 4 is 11.5 Å². The van der Waals surface area contributed by atoms with E-state index in [0.29, 0.717) is 35.3 Å². The molecule has 36 heavy (non-hydrogen) atoms. The van der Waals surface area contributed by atoms with Gasteiger partial charge in [-0.25, -0.2) is 14.5 Å². The van der Waals surface area contributed by atoms with Gasteiger partial charge in [0, 0.05) is 41.6 Å². The molecule has 0 amide bonds. The second-order valence-corrected chi connectivity index (χ2v) is 9.71. The highest BCUT2D eigenvalue weighted by Crippen LogP contribution is 2.39. The number of pyridine rings is 1. The van der Waals surface area contributed by atoms with E-state index < -0.39 is 23.4 Å². The van der Waals surface area contributed by atoms with E-state index in [-0.39, 0.29) is 28.6 Å². The molecule has 1 atom stereocenters. The van der Waals surface area contributed by atoms with E-state index in [1.54, 1.807) is 19.9 Å². The number of nitrogens with zero attached hydrogens (tertiary/aromatic N) is 5. The lowest BCUT2D eigenvalue weighted by Gasteiger charge is -2.36. The van der Waals surface area contributed by atoms with Gasteiger partial charge in [-0.05, 0) is 46.6 Å². The van der Waals surface area contributed by atoms with Crippen LogP contribution in [0.15, 0.2) is 29.0 Å². The molecule has 0 aromatic carbocycles. The van der Waals surface area contributed by atoms with E-state index in [0.717, 1.165) is 12.8 Å². The van der Waals surface area contributed by atoms with Crippen LogP contribution in [0.2, 0.25) is 0 Å². The fourth-order valence-corrected chi connectivity index (χ4v) is 4.56. The first kappa shape index (κ1) is 24.2. The zero-order valence-corrected chi connectivity index (χ0v) is 20.2. The van der Waals surface area contributed by atoms with Crippen molar-refractivity contribution in [3.05, 3.63) is 47.5 Å². The quantitative estimate of drug-likeness (QED) is 0.372. The molecule has 0 saturated carbocycles. The molecule has 8 nitrogen and oxygen atoms in total. The second kappa shape index (κ2) is 8.54. The van der Waals surface area contributed by atoms with Crippen molar-refractivity contribution in [2.45, 2.75) is 58.3 Å². The molecule has 1 aliphatic heterocycles. The summed E-state index contributed by atoms with van der Waals surface area (Å²) in [7, 11) is 0. The zero-order valence-electron chi connectivity index (χ0n) is 20.2. The highest BCUT2D eigenvalue weighted by molar-refractivity contribution is 5.82. The fraction of sp³-hybridized carbons (Fsp3) is 0.417. The predicted molar refractivity (Wildman–Crippen MR) is 125 cm³/mol. The Kier molecular flexibility index (Phi) is 5.73. The molecule has 1 saturated heterocycles. The van der Waals surface area contributed by atoms with Gasteiger partial charge in [0.05, 0.1) is 22.5 Å². The van der Waals surface area contributed by atoms with Crippen LogP contribution >= 0.6 is 0 Å². The first-order valence-electron chi connectivity index (χ1n) is 11.5. The minimum atomic E-state index is -4.79. The number of anilines is 1. The fourth-order valence-electron chi connectivity index (χ4n) is 4.56. The Bertz CT molecular complexity index is 1410. The summed E-state index contributed by atoms with van der Waals surface area (Å²) in [5.41, 5.74) is 0.0462. The van der Waals surface area contributed by atoms with Gasteiger partial charge in [-0.3, -0.25) is 0 Å². The molecular formula is C24H25F4N7O. The molecule has 0 bridgehead atoms. The highest BCUT2D eigenvalue weighted by Gasteiger charge is 2.37. The molecule has 12 heteroatoms. The summed E-state index contributed by atoms with van der Waals surface area (Å²) in [5.74, 6) is -0.510. The first-order chi connectivity index (χ1) is 16.9. The van der Waals surface area contributed by atoms with Gasteiger partial charge in [-0.1, -0.05) is 11.2 Å². The highest BCUT2D eigenvalue weighted by atomic mass is 19.4. The molecule has 190 valence electrons. The molecule has 0 unspecified atom stereocenters. The third-order valence-electron chi connectivity index (χ3n) is 6.52. The van der Waals surface area contributed by atoms with Crippen LogP contribution in [-0.2, 0) is 6.18 Å². The number of hydrogen-bond donors (Lipinski definition) is 2. The molecule has 4 aromatic rings. The Labute approximate surface area is 204 Å². The van der Waals surface area contributed by atoms with Crippen molar-refractivity contribution in [3.63, 3.8) is 0 Å². The topological polar surface area (TPSA) is 93.2 Å². The Morgan fingerprint density at radius 2 is 1.97 bits per heavy atom. The Balaban J connectivity index is 1.58. The lowest BCUT2D eigenvalue weighted by atomic mass is 9.91. The SMILES string of the molecule is Cc1noc(C)c1-c1ccc2c(-c3nc(N[C@H]4CCC(C)(C)NC4)ncc3C(F)(F)F)c(F)nn2c1. The maximum absolute atomic E-state index is 15.1. The Hall–Kier alpha value is -3.54. The van der Waals surface area contributed by atoms with Crippen molar-refractivity contribution in [1.29, 1.82) is 0 Å². The van der Waals surface area contributed by atoms with Crippen LogP contribution in [0.5, 0.6) is 0 Å². The molecule has 1 fully saturated rings. The maximum atomic E-state index is 15.1. The molecule has 1 aliphatic rings. The Morgan fingerprint density at radius 3 is 2.61 bits per heavy atom. The van der Waals surface area contributed by atoms with Crippen molar-refractivity contribution in [1.82, 2.24) is 30.1 Å². The summed E-state index contributed by atoms with van der Waals surface area (Å²) < 4.78 is 63.3. The zero-order chi connectivity index (χ0) is 25.8. The number of rotatable bonds is 4. The van der Waals surface area contributed by atoms with E-state index in [4.69, 9.17) is 4.52 Å². The summed E-state index contributed by atoms with van der Waals surface area (Å²) in [4.78, 5) is 8.02. The number of hydrogen-bond acceptors (Lipinski definition) is 7. The van der Waals surface area contributed by atoms with Gasteiger partial charge >= 0.3 is 6.18 Å². The summed E-state index contributed by atoms with van der Waals surface area (Å²) in [6.45, 7) is 8.27. The molecule has 5 rings (SSSR count). The van der Waals surface area contributed by atoms with Crippen molar-refractivity contribution in [2.75, 3.05) is 11.9 Å². The number of nitrogens with one attached hydrogen (secondary N) is 2. The van der Waals surface area contributed by atoms with Gasteiger partial charge < -0.3 is 15.2 Å². The third-order valence-corrected chi connectivity index (χ3v) is 6.52. The Morgan fingerprint density at radius 1 is 1.19 bits per heavy atom. The lowest BCUT2D eigenvalue weighted by Crippen LogP contribution is -2.50. The van der Waals surface area contributed by atoms with Crippen molar-refractivity contribution in [3.8, 4) is 22.4 Å². The summed E-state index contributed by atoms with van der Waals surface area (Å²) >= 11 is 0. The number of aromatic nitrogens is 5. The predicted octanol–water partition coefficient (Wildman–Crippen LogP) is 5.16. The maximum Gasteiger partial charge on any atom is 0.420 e. The van der Waals surface area contributed by atoms with Crippen LogP contribution in [0.3, 0.4) is 0 Å². The van der Waals surface area contributed by atoms with Crippen LogP contribution in [0, 0.1) is 19.8 Å². The molecule has 0 aliphatic carbocycles. The minimum Gasteiger partial charge on any atom is -0.361 e. The van der Waals surface area contributed by atoms with E-state index in [2.05, 4.69) is 44.7 Å². The van der Waals surface area contributed by atoms with E-state index in [1.165, 1.54) is 16.8 Å². The number of piperidine rings is 1.